The number of benzene rings is 1. The number of rotatable bonds is 1. The van der Waals surface area contributed by atoms with Crippen LogP contribution in [-0.2, 0) is 6.42 Å². The minimum atomic E-state index is -0.0193. The Kier molecular flexibility index (Phi) is 2.61. The number of nitrogens with one attached hydrogen (secondary N) is 1. The van der Waals surface area contributed by atoms with Crippen LogP contribution < -0.4 is 4.74 Å². The van der Waals surface area contributed by atoms with Crippen molar-refractivity contribution in [3.05, 3.63) is 35.7 Å². The van der Waals surface area contributed by atoms with Crippen LogP contribution in [0.15, 0.2) is 24.4 Å². The van der Waals surface area contributed by atoms with Gasteiger partial charge in [-0.1, -0.05) is 13.8 Å². The van der Waals surface area contributed by atoms with Crippen LogP contribution in [0.5, 0.6) is 5.75 Å². The standard InChI is InChI=1S/C18H18N2O2/c1-18(2)7-13-17(15(21)8-18)16-11-6-10(22-3)4-5-12(11)20-14(16)9-19-13/h4-6,9,20H,7-8H2,1-3H3. The first kappa shape index (κ1) is 13.3. The fourth-order valence-corrected chi connectivity index (χ4v) is 3.51. The predicted octanol–water partition coefficient (Wildman–Crippen LogP) is 3.88. The number of pyridine rings is 1. The average molecular weight is 294 g/mol. The Balaban J connectivity index is 2.10. The summed E-state index contributed by atoms with van der Waals surface area (Å²) in [5.41, 5.74) is 3.60. The SMILES string of the molecule is COc1ccc2[nH]c3cnc4c(c3c2c1)C(=O)CC(C)(C)C4. The summed E-state index contributed by atoms with van der Waals surface area (Å²) in [5.74, 6) is 0.982. The minimum absolute atomic E-state index is 0.0193. The fourth-order valence-electron chi connectivity index (χ4n) is 3.51. The molecule has 4 heteroatoms. The van der Waals surface area contributed by atoms with Crippen LogP contribution >= 0.6 is 0 Å². The lowest BCUT2D eigenvalue weighted by atomic mass is 9.75. The van der Waals surface area contributed by atoms with E-state index in [0.717, 1.165) is 45.2 Å². The zero-order valence-electron chi connectivity index (χ0n) is 13.0. The van der Waals surface area contributed by atoms with Gasteiger partial charge in [-0.2, -0.15) is 0 Å². The molecule has 1 aliphatic rings. The third-order valence-corrected chi connectivity index (χ3v) is 4.49. The maximum atomic E-state index is 12.7. The largest absolute Gasteiger partial charge is 0.497 e. The molecule has 1 aromatic carbocycles. The number of aromatic nitrogens is 2. The highest BCUT2D eigenvalue weighted by molar-refractivity contribution is 6.19. The lowest BCUT2D eigenvalue weighted by Crippen LogP contribution is -2.27. The van der Waals surface area contributed by atoms with Gasteiger partial charge in [-0.15, -0.1) is 0 Å². The number of Topliss-reactive ketones (excluding diaryl/α,β-unsaturated/α-hetero) is 1. The highest BCUT2D eigenvalue weighted by Crippen LogP contribution is 2.39. The van der Waals surface area contributed by atoms with Crippen molar-refractivity contribution < 1.29 is 9.53 Å². The van der Waals surface area contributed by atoms with Crippen LogP contribution in [0, 0.1) is 5.41 Å². The molecule has 4 rings (SSSR count). The van der Waals surface area contributed by atoms with E-state index in [4.69, 9.17) is 4.74 Å². The molecular formula is C18H18N2O2. The Morgan fingerprint density at radius 3 is 2.82 bits per heavy atom. The number of aromatic amines is 1. The molecule has 0 spiro atoms. The van der Waals surface area contributed by atoms with Crippen LogP contribution in [0.1, 0.15) is 36.3 Å². The minimum Gasteiger partial charge on any atom is -0.497 e. The second-order valence-electron chi connectivity index (χ2n) is 6.85. The maximum absolute atomic E-state index is 12.7. The molecule has 0 radical (unpaired) electrons. The van der Waals surface area contributed by atoms with E-state index in [1.807, 2.05) is 24.4 Å². The normalized spacial score (nSPS) is 17.0. The van der Waals surface area contributed by atoms with Crippen LogP contribution in [0.3, 0.4) is 0 Å². The van der Waals surface area contributed by atoms with Crippen molar-refractivity contribution in [3.63, 3.8) is 0 Å². The van der Waals surface area contributed by atoms with Crippen molar-refractivity contribution >= 4 is 27.6 Å². The Labute approximate surface area is 128 Å². The van der Waals surface area contributed by atoms with Gasteiger partial charge in [0.25, 0.3) is 0 Å². The van der Waals surface area contributed by atoms with Gasteiger partial charge in [0, 0.05) is 28.3 Å². The number of H-pyrrole nitrogens is 1. The van der Waals surface area contributed by atoms with E-state index in [2.05, 4.69) is 23.8 Å². The lowest BCUT2D eigenvalue weighted by molar-refractivity contribution is 0.0912. The molecule has 22 heavy (non-hydrogen) atoms. The predicted molar refractivity (Wildman–Crippen MR) is 86.6 cm³/mol. The van der Waals surface area contributed by atoms with Gasteiger partial charge < -0.3 is 9.72 Å². The van der Waals surface area contributed by atoms with Crippen molar-refractivity contribution in [3.8, 4) is 5.75 Å². The van der Waals surface area contributed by atoms with Gasteiger partial charge in [-0.25, -0.2) is 0 Å². The molecule has 0 saturated carbocycles. The molecule has 112 valence electrons. The summed E-state index contributed by atoms with van der Waals surface area (Å²) in [6.07, 6.45) is 3.24. The number of fused-ring (bicyclic) bond motifs is 5. The summed E-state index contributed by atoms with van der Waals surface area (Å²) in [6, 6.07) is 5.89. The first-order valence-corrected chi connectivity index (χ1v) is 7.49. The Morgan fingerprint density at radius 2 is 2.05 bits per heavy atom. The Morgan fingerprint density at radius 1 is 1.23 bits per heavy atom. The molecule has 0 amide bonds. The smallest absolute Gasteiger partial charge is 0.165 e. The van der Waals surface area contributed by atoms with Gasteiger partial charge in [0.05, 0.1) is 24.5 Å². The number of hydrogen-bond acceptors (Lipinski definition) is 3. The monoisotopic (exact) mass is 294 g/mol. The van der Waals surface area contributed by atoms with E-state index in [-0.39, 0.29) is 11.2 Å². The van der Waals surface area contributed by atoms with E-state index >= 15 is 0 Å². The van der Waals surface area contributed by atoms with Gasteiger partial charge in [-0.05, 0) is 30.0 Å². The molecule has 3 aromatic rings. The van der Waals surface area contributed by atoms with Crippen molar-refractivity contribution in [1.82, 2.24) is 9.97 Å². The number of carbonyl (C=O) groups excluding carboxylic acids is 1. The van der Waals surface area contributed by atoms with Crippen LogP contribution in [0.2, 0.25) is 0 Å². The summed E-state index contributed by atoms with van der Waals surface area (Å²) < 4.78 is 5.33. The molecule has 1 aliphatic carbocycles. The first-order chi connectivity index (χ1) is 10.5. The lowest BCUT2D eigenvalue weighted by Gasteiger charge is -2.29. The van der Waals surface area contributed by atoms with Crippen molar-refractivity contribution in [1.29, 1.82) is 0 Å². The molecular weight excluding hydrogens is 276 g/mol. The second-order valence-corrected chi connectivity index (χ2v) is 6.85. The molecule has 1 N–H and O–H groups in total. The van der Waals surface area contributed by atoms with Gasteiger partial charge >= 0.3 is 0 Å². The summed E-state index contributed by atoms with van der Waals surface area (Å²) in [6.45, 7) is 4.25. The number of hydrogen-bond donors (Lipinski definition) is 1. The number of nitrogens with zero attached hydrogens (tertiary/aromatic N) is 1. The first-order valence-electron chi connectivity index (χ1n) is 7.49. The topological polar surface area (TPSA) is 55.0 Å². The molecule has 0 bridgehead atoms. The second kappa shape index (κ2) is 4.32. The van der Waals surface area contributed by atoms with Crippen LogP contribution in [0.25, 0.3) is 21.8 Å². The quantitative estimate of drug-likeness (QED) is 0.741. The van der Waals surface area contributed by atoms with Crippen molar-refractivity contribution in [2.75, 3.05) is 7.11 Å². The maximum Gasteiger partial charge on any atom is 0.165 e. The number of ether oxygens (including phenoxy) is 1. The van der Waals surface area contributed by atoms with Crippen LogP contribution in [-0.4, -0.2) is 22.9 Å². The summed E-state index contributed by atoms with van der Waals surface area (Å²) in [7, 11) is 1.65. The number of carbonyl (C=O) groups is 1. The zero-order valence-corrected chi connectivity index (χ0v) is 13.0. The van der Waals surface area contributed by atoms with Gasteiger partial charge in [0.15, 0.2) is 5.78 Å². The summed E-state index contributed by atoms with van der Waals surface area (Å²) in [4.78, 5) is 20.6. The molecule has 0 atom stereocenters. The number of ketones is 1. The average Bonchev–Trinajstić information content (AvgIpc) is 2.83. The third-order valence-electron chi connectivity index (χ3n) is 4.49. The van der Waals surface area contributed by atoms with Gasteiger partial charge in [0.2, 0.25) is 0 Å². The summed E-state index contributed by atoms with van der Waals surface area (Å²) in [5, 5.41) is 2.01. The van der Waals surface area contributed by atoms with Gasteiger partial charge in [-0.3, -0.25) is 9.78 Å². The third kappa shape index (κ3) is 1.83. The molecule has 2 aromatic heterocycles. The molecule has 4 nitrogen and oxygen atoms in total. The van der Waals surface area contributed by atoms with E-state index in [1.54, 1.807) is 7.11 Å². The fraction of sp³-hybridized carbons (Fsp3) is 0.333. The molecule has 0 unspecified atom stereocenters. The molecule has 0 fully saturated rings. The highest BCUT2D eigenvalue weighted by atomic mass is 16.5. The zero-order chi connectivity index (χ0) is 15.5. The molecule has 2 heterocycles. The Hall–Kier alpha value is -2.36. The van der Waals surface area contributed by atoms with Crippen molar-refractivity contribution in [2.45, 2.75) is 26.7 Å². The van der Waals surface area contributed by atoms with E-state index < -0.39 is 0 Å². The van der Waals surface area contributed by atoms with Gasteiger partial charge in [0.1, 0.15) is 5.75 Å². The Bertz CT molecular complexity index is 922. The van der Waals surface area contributed by atoms with E-state index in [0.29, 0.717) is 6.42 Å². The number of methoxy groups -OCH3 is 1. The van der Waals surface area contributed by atoms with E-state index in [9.17, 15) is 4.79 Å². The molecule has 0 saturated heterocycles. The summed E-state index contributed by atoms with van der Waals surface area (Å²) >= 11 is 0. The van der Waals surface area contributed by atoms with E-state index in [1.165, 1.54) is 0 Å². The highest BCUT2D eigenvalue weighted by Gasteiger charge is 2.33. The van der Waals surface area contributed by atoms with Crippen LogP contribution in [0.4, 0.5) is 0 Å². The molecule has 0 aliphatic heterocycles. The van der Waals surface area contributed by atoms with Crippen molar-refractivity contribution in [2.24, 2.45) is 5.41 Å².